The van der Waals surface area contributed by atoms with Crippen LogP contribution in [0, 0.1) is 0 Å². The van der Waals surface area contributed by atoms with Crippen molar-refractivity contribution in [3.05, 3.63) is 52.7 Å². The Morgan fingerprint density at radius 2 is 2.08 bits per heavy atom. The van der Waals surface area contributed by atoms with Crippen molar-refractivity contribution in [2.45, 2.75) is 13.8 Å². The topological polar surface area (TPSA) is 71.9 Å². The summed E-state index contributed by atoms with van der Waals surface area (Å²) in [6.45, 7) is 3.91. The highest BCUT2D eigenvalue weighted by atomic mass is 32.1. The molecule has 0 saturated heterocycles. The number of nitrogens with zero attached hydrogens (tertiary/aromatic N) is 3. The van der Waals surface area contributed by atoms with Gasteiger partial charge in [-0.2, -0.15) is 0 Å². The fourth-order valence-corrected chi connectivity index (χ4v) is 3.10. The minimum Gasteiger partial charge on any atom is -0.402 e. The smallest absolute Gasteiger partial charge is 0.363 e. The first-order valence-electron chi connectivity index (χ1n) is 7.40. The summed E-state index contributed by atoms with van der Waals surface area (Å²) in [5, 5.41) is 2.37. The molecule has 2 heterocycles. The molecule has 24 heavy (non-hydrogen) atoms. The van der Waals surface area contributed by atoms with E-state index < -0.39 is 5.97 Å². The fourth-order valence-electron chi connectivity index (χ4n) is 2.21. The number of thiazole rings is 1. The average molecular weight is 341 g/mol. The first-order chi connectivity index (χ1) is 11.6. The Labute approximate surface area is 143 Å². The second kappa shape index (κ2) is 6.76. The molecule has 1 amide bonds. The summed E-state index contributed by atoms with van der Waals surface area (Å²) in [6.07, 6.45) is 1.56. The van der Waals surface area contributed by atoms with Gasteiger partial charge < -0.3 is 4.74 Å². The van der Waals surface area contributed by atoms with Gasteiger partial charge in [-0.1, -0.05) is 18.2 Å². The lowest BCUT2D eigenvalue weighted by atomic mass is 10.2. The molecule has 122 valence electrons. The van der Waals surface area contributed by atoms with Crippen LogP contribution < -0.4 is 4.90 Å². The number of hydrogen-bond donors (Lipinski definition) is 0. The molecule has 0 aliphatic carbocycles. The molecule has 1 aromatic heterocycles. The summed E-state index contributed by atoms with van der Waals surface area (Å²) < 4.78 is 5.20. The number of carbonyl (C=O) groups is 2. The van der Waals surface area contributed by atoms with E-state index >= 15 is 0 Å². The maximum atomic E-state index is 12.0. The molecule has 0 radical (unpaired) electrons. The lowest BCUT2D eigenvalue weighted by Gasteiger charge is -2.14. The van der Waals surface area contributed by atoms with Gasteiger partial charge in [0, 0.05) is 24.4 Å². The van der Waals surface area contributed by atoms with Crippen molar-refractivity contribution in [3.8, 4) is 0 Å². The number of benzene rings is 1. The highest BCUT2D eigenvalue weighted by Gasteiger charge is 2.24. The lowest BCUT2D eigenvalue weighted by Crippen LogP contribution is -2.27. The van der Waals surface area contributed by atoms with E-state index in [9.17, 15) is 9.59 Å². The number of amides is 1. The van der Waals surface area contributed by atoms with Gasteiger partial charge in [0.05, 0.1) is 5.69 Å². The van der Waals surface area contributed by atoms with Crippen LogP contribution in [0.2, 0.25) is 0 Å². The van der Waals surface area contributed by atoms with Gasteiger partial charge in [0.2, 0.25) is 11.8 Å². The molecule has 0 unspecified atom stereocenters. The van der Waals surface area contributed by atoms with Crippen LogP contribution in [0.5, 0.6) is 0 Å². The van der Waals surface area contributed by atoms with Crippen molar-refractivity contribution in [2.75, 3.05) is 11.4 Å². The van der Waals surface area contributed by atoms with Crippen LogP contribution in [0.25, 0.3) is 6.08 Å². The highest BCUT2D eigenvalue weighted by Crippen LogP contribution is 2.24. The first kappa shape index (κ1) is 16.1. The summed E-state index contributed by atoms with van der Waals surface area (Å²) in [6, 6.07) is 9.22. The molecule has 0 spiro atoms. The summed E-state index contributed by atoms with van der Waals surface area (Å²) >= 11 is 1.34. The standard InChI is InChI=1S/C17H15N3O3S/c1-3-20(11(2)21)17-18-13(10-24-17)9-14-16(22)23-15(19-14)12-7-5-4-6-8-12/h4-10H,3H2,1-2H3/b14-9-. The van der Waals surface area contributed by atoms with Crippen molar-refractivity contribution in [1.82, 2.24) is 4.98 Å². The van der Waals surface area contributed by atoms with Crippen LogP contribution in [0.1, 0.15) is 25.1 Å². The van der Waals surface area contributed by atoms with E-state index in [1.807, 2.05) is 37.3 Å². The molecule has 0 fully saturated rings. The van der Waals surface area contributed by atoms with Crippen LogP contribution in [-0.2, 0) is 14.3 Å². The SMILES string of the molecule is CCN(C(C)=O)c1nc(/C=C2\N=C(c3ccccc3)OC2=O)cs1. The largest absolute Gasteiger partial charge is 0.402 e. The molecule has 7 heteroatoms. The monoisotopic (exact) mass is 341 g/mol. The van der Waals surface area contributed by atoms with Crippen molar-refractivity contribution in [2.24, 2.45) is 4.99 Å². The zero-order valence-corrected chi connectivity index (χ0v) is 14.0. The van der Waals surface area contributed by atoms with Crippen LogP contribution in [-0.4, -0.2) is 29.3 Å². The summed E-state index contributed by atoms with van der Waals surface area (Å²) in [4.78, 5) is 33.7. The van der Waals surface area contributed by atoms with Gasteiger partial charge in [-0.3, -0.25) is 9.69 Å². The number of ether oxygens (including phenoxy) is 1. The molecule has 0 atom stereocenters. The van der Waals surface area contributed by atoms with E-state index in [1.165, 1.54) is 18.3 Å². The fraction of sp³-hybridized carbons (Fsp3) is 0.176. The third kappa shape index (κ3) is 3.26. The molecule has 6 nitrogen and oxygen atoms in total. The van der Waals surface area contributed by atoms with Crippen LogP contribution in [0.4, 0.5) is 5.13 Å². The molecule has 0 N–H and O–H groups in total. The number of esters is 1. The Hall–Kier alpha value is -2.80. The normalized spacial score (nSPS) is 15.3. The number of hydrogen-bond acceptors (Lipinski definition) is 6. The van der Waals surface area contributed by atoms with Gasteiger partial charge >= 0.3 is 5.97 Å². The molecular formula is C17H15N3O3S. The summed E-state index contributed by atoms with van der Waals surface area (Å²) in [5.74, 6) is -0.306. The second-order valence-corrected chi connectivity index (χ2v) is 5.86. The number of anilines is 1. The number of carbonyl (C=O) groups excluding carboxylic acids is 2. The van der Waals surface area contributed by atoms with Crippen molar-refractivity contribution >= 4 is 40.3 Å². The van der Waals surface area contributed by atoms with Gasteiger partial charge in [0.25, 0.3) is 0 Å². The Morgan fingerprint density at radius 3 is 2.75 bits per heavy atom. The zero-order chi connectivity index (χ0) is 17.1. The van der Waals surface area contributed by atoms with Crippen molar-refractivity contribution in [1.29, 1.82) is 0 Å². The summed E-state index contributed by atoms with van der Waals surface area (Å²) in [5.41, 5.74) is 1.50. The zero-order valence-electron chi connectivity index (χ0n) is 13.2. The highest BCUT2D eigenvalue weighted by molar-refractivity contribution is 7.14. The molecule has 1 aromatic carbocycles. The van der Waals surface area contributed by atoms with E-state index in [4.69, 9.17) is 4.74 Å². The van der Waals surface area contributed by atoms with E-state index in [2.05, 4.69) is 9.98 Å². The number of aromatic nitrogens is 1. The maximum Gasteiger partial charge on any atom is 0.363 e. The van der Waals surface area contributed by atoms with Crippen molar-refractivity contribution < 1.29 is 14.3 Å². The van der Waals surface area contributed by atoms with E-state index in [1.54, 1.807) is 16.4 Å². The first-order valence-corrected chi connectivity index (χ1v) is 8.28. The molecule has 1 aliphatic rings. The third-order valence-corrected chi connectivity index (χ3v) is 4.24. The number of aliphatic imine (C=N–C) groups is 1. The summed E-state index contributed by atoms with van der Waals surface area (Å²) in [7, 11) is 0. The predicted octanol–water partition coefficient (Wildman–Crippen LogP) is 2.86. The Balaban J connectivity index is 1.86. The minimum atomic E-state index is -0.512. The van der Waals surface area contributed by atoms with E-state index in [0.29, 0.717) is 17.4 Å². The van der Waals surface area contributed by atoms with Gasteiger partial charge in [0.1, 0.15) is 0 Å². The minimum absolute atomic E-state index is 0.0734. The molecule has 0 saturated carbocycles. The van der Waals surface area contributed by atoms with Gasteiger partial charge in [-0.05, 0) is 25.1 Å². The molecular weight excluding hydrogens is 326 g/mol. The Bertz CT molecular complexity index is 840. The van der Waals surface area contributed by atoms with Crippen LogP contribution in [0.15, 0.2) is 46.4 Å². The molecule has 1 aliphatic heterocycles. The maximum absolute atomic E-state index is 12.0. The quantitative estimate of drug-likeness (QED) is 0.633. The lowest BCUT2D eigenvalue weighted by molar-refractivity contribution is -0.130. The molecule has 2 aromatic rings. The van der Waals surface area contributed by atoms with Crippen molar-refractivity contribution in [3.63, 3.8) is 0 Å². The van der Waals surface area contributed by atoms with E-state index in [-0.39, 0.29) is 17.5 Å². The molecule has 0 bridgehead atoms. The van der Waals surface area contributed by atoms with Gasteiger partial charge in [-0.15, -0.1) is 11.3 Å². The molecule has 3 rings (SSSR count). The predicted molar refractivity (Wildman–Crippen MR) is 92.9 cm³/mol. The second-order valence-electron chi connectivity index (χ2n) is 5.02. The Morgan fingerprint density at radius 1 is 1.33 bits per heavy atom. The van der Waals surface area contributed by atoms with Gasteiger partial charge in [-0.25, -0.2) is 14.8 Å². The Kier molecular flexibility index (Phi) is 4.52. The van der Waals surface area contributed by atoms with Crippen LogP contribution in [0.3, 0.4) is 0 Å². The van der Waals surface area contributed by atoms with E-state index in [0.717, 1.165) is 5.56 Å². The van der Waals surface area contributed by atoms with Crippen LogP contribution >= 0.6 is 11.3 Å². The van der Waals surface area contributed by atoms with Gasteiger partial charge in [0.15, 0.2) is 10.8 Å². The number of cyclic esters (lactones) is 1. The number of rotatable bonds is 4. The average Bonchev–Trinajstić information content (AvgIpc) is 3.17. The third-order valence-electron chi connectivity index (χ3n) is 3.36.